The molecular weight excluding hydrogens is 311 g/mol. The predicted molar refractivity (Wildman–Crippen MR) is 89.2 cm³/mol. The van der Waals surface area contributed by atoms with Gasteiger partial charge in [0, 0.05) is 24.7 Å². The molecule has 0 unspecified atom stereocenters. The van der Waals surface area contributed by atoms with Gasteiger partial charge in [-0.2, -0.15) is 0 Å². The Bertz CT molecular complexity index is 747. The Hall–Kier alpha value is -2.89. The fourth-order valence-electron chi connectivity index (χ4n) is 2.29. The third kappa shape index (κ3) is 5.08. The average Bonchev–Trinajstić information content (AvgIpc) is 2.52. The highest BCUT2D eigenvalue weighted by molar-refractivity contribution is 5.88. The van der Waals surface area contributed by atoms with Gasteiger partial charge in [0.15, 0.2) is 0 Å². The van der Waals surface area contributed by atoms with Crippen LogP contribution < -0.4 is 15.4 Å². The second-order valence-corrected chi connectivity index (χ2v) is 5.29. The van der Waals surface area contributed by atoms with Gasteiger partial charge >= 0.3 is 0 Å². The molecule has 0 bridgehead atoms. The molecule has 0 aliphatic carbocycles. The summed E-state index contributed by atoms with van der Waals surface area (Å²) in [7, 11) is 1.53. The Morgan fingerprint density at radius 2 is 1.96 bits per heavy atom. The second-order valence-electron chi connectivity index (χ2n) is 5.29. The summed E-state index contributed by atoms with van der Waals surface area (Å²) in [6, 6.07) is 11.1. The van der Waals surface area contributed by atoms with Crippen LogP contribution in [-0.4, -0.2) is 18.9 Å². The molecule has 6 heteroatoms. The molecule has 0 heterocycles. The van der Waals surface area contributed by atoms with Gasteiger partial charge in [-0.1, -0.05) is 12.1 Å². The Balaban J connectivity index is 2.01. The molecule has 0 saturated heterocycles. The zero-order valence-electron chi connectivity index (χ0n) is 13.6. The van der Waals surface area contributed by atoms with Crippen molar-refractivity contribution in [3.63, 3.8) is 0 Å². The molecule has 2 aromatic rings. The second kappa shape index (κ2) is 8.10. The number of hydrogen-bond donors (Lipinski definition) is 2. The molecule has 0 aromatic heterocycles. The minimum absolute atomic E-state index is 0.0888. The van der Waals surface area contributed by atoms with Gasteiger partial charge in [-0.05, 0) is 35.9 Å². The Morgan fingerprint density at radius 1 is 1.17 bits per heavy atom. The lowest BCUT2D eigenvalue weighted by Crippen LogP contribution is -2.25. The first-order valence-electron chi connectivity index (χ1n) is 7.43. The van der Waals surface area contributed by atoms with E-state index in [1.54, 1.807) is 30.3 Å². The van der Waals surface area contributed by atoms with Crippen LogP contribution in [0, 0.1) is 5.82 Å². The van der Waals surface area contributed by atoms with Crippen molar-refractivity contribution in [2.45, 2.75) is 19.9 Å². The number of amides is 2. The van der Waals surface area contributed by atoms with Crippen molar-refractivity contribution in [3.05, 3.63) is 59.4 Å². The number of halogens is 1. The molecule has 0 saturated carbocycles. The van der Waals surface area contributed by atoms with Crippen molar-refractivity contribution in [1.82, 2.24) is 5.32 Å². The van der Waals surface area contributed by atoms with Crippen molar-refractivity contribution in [3.8, 4) is 5.75 Å². The normalized spacial score (nSPS) is 10.1. The molecule has 2 amide bonds. The zero-order valence-corrected chi connectivity index (χ0v) is 13.6. The number of carbonyl (C=O) groups excluding carboxylic acids is 2. The van der Waals surface area contributed by atoms with Gasteiger partial charge < -0.3 is 15.4 Å². The van der Waals surface area contributed by atoms with E-state index in [1.165, 1.54) is 26.2 Å². The highest BCUT2D eigenvalue weighted by Gasteiger charge is 2.09. The van der Waals surface area contributed by atoms with Crippen molar-refractivity contribution < 1.29 is 18.7 Å². The fourth-order valence-corrected chi connectivity index (χ4v) is 2.29. The molecule has 0 spiro atoms. The van der Waals surface area contributed by atoms with E-state index in [4.69, 9.17) is 4.74 Å². The van der Waals surface area contributed by atoms with Gasteiger partial charge in [-0.15, -0.1) is 0 Å². The van der Waals surface area contributed by atoms with E-state index in [0.29, 0.717) is 17.0 Å². The van der Waals surface area contributed by atoms with Gasteiger partial charge in [-0.3, -0.25) is 9.59 Å². The van der Waals surface area contributed by atoms with Gasteiger partial charge in [0.05, 0.1) is 13.5 Å². The number of ether oxygens (including phenoxy) is 1. The molecule has 0 fully saturated rings. The van der Waals surface area contributed by atoms with E-state index in [9.17, 15) is 14.0 Å². The smallest absolute Gasteiger partial charge is 0.224 e. The van der Waals surface area contributed by atoms with Gasteiger partial charge in [0.2, 0.25) is 11.8 Å². The zero-order chi connectivity index (χ0) is 17.5. The van der Waals surface area contributed by atoms with E-state index >= 15 is 0 Å². The van der Waals surface area contributed by atoms with Crippen molar-refractivity contribution in [1.29, 1.82) is 0 Å². The van der Waals surface area contributed by atoms with Crippen LogP contribution in [0.25, 0.3) is 0 Å². The van der Waals surface area contributed by atoms with Crippen LogP contribution in [0.2, 0.25) is 0 Å². The number of benzene rings is 2. The molecule has 0 aliphatic rings. The summed E-state index contributed by atoms with van der Waals surface area (Å²) in [5.41, 5.74) is 1.96. The van der Waals surface area contributed by atoms with Crippen LogP contribution >= 0.6 is 0 Å². The number of carbonyl (C=O) groups is 2. The molecule has 24 heavy (non-hydrogen) atoms. The van der Waals surface area contributed by atoms with Crippen molar-refractivity contribution in [2.75, 3.05) is 12.4 Å². The van der Waals surface area contributed by atoms with E-state index < -0.39 is 0 Å². The highest BCUT2D eigenvalue weighted by Crippen LogP contribution is 2.22. The largest absolute Gasteiger partial charge is 0.496 e. The maximum Gasteiger partial charge on any atom is 0.224 e. The summed E-state index contributed by atoms with van der Waals surface area (Å²) in [4.78, 5) is 23.1. The summed E-state index contributed by atoms with van der Waals surface area (Å²) < 4.78 is 18.4. The van der Waals surface area contributed by atoms with E-state index in [-0.39, 0.29) is 30.6 Å². The minimum Gasteiger partial charge on any atom is -0.496 e. The number of hydrogen-bond acceptors (Lipinski definition) is 3. The standard InChI is InChI=1S/C18H19FN2O3/c1-12(22)21-16-6-7-17(24-2)14(10-16)11-20-18(23)9-13-4-3-5-15(19)8-13/h3-8,10H,9,11H2,1-2H3,(H,20,23)(H,21,22). The molecule has 126 valence electrons. The molecule has 0 aliphatic heterocycles. The van der Waals surface area contributed by atoms with Gasteiger partial charge in [0.1, 0.15) is 11.6 Å². The maximum absolute atomic E-state index is 13.1. The topological polar surface area (TPSA) is 67.4 Å². The van der Waals surface area contributed by atoms with E-state index in [2.05, 4.69) is 10.6 Å². The average molecular weight is 330 g/mol. The first kappa shape index (κ1) is 17.5. The summed E-state index contributed by atoms with van der Waals surface area (Å²) in [6.07, 6.45) is 0.0888. The Kier molecular flexibility index (Phi) is 5.89. The van der Waals surface area contributed by atoms with Crippen molar-refractivity contribution in [2.24, 2.45) is 0 Å². The van der Waals surface area contributed by atoms with Crippen LogP contribution in [0.3, 0.4) is 0 Å². The van der Waals surface area contributed by atoms with E-state index in [1.807, 2.05) is 0 Å². The van der Waals surface area contributed by atoms with Crippen LogP contribution in [0.4, 0.5) is 10.1 Å². The summed E-state index contributed by atoms with van der Waals surface area (Å²) in [5, 5.41) is 5.45. The molecule has 2 N–H and O–H groups in total. The minimum atomic E-state index is -0.370. The summed E-state index contributed by atoms with van der Waals surface area (Å²) in [5.74, 6) is -0.172. The van der Waals surface area contributed by atoms with Gasteiger partial charge in [-0.25, -0.2) is 4.39 Å². The SMILES string of the molecule is COc1ccc(NC(C)=O)cc1CNC(=O)Cc1cccc(F)c1. The lowest BCUT2D eigenvalue weighted by atomic mass is 10.1. The highest BCUT2D eigenvalue weighted by atomic mass is 19.1. The number of rotatable bonds is 6. The van der Waals surface area contributed by atoms with Gasteiger partial charge in [0.25, 0.3) is 0 Å². The molecule has 5 nitrogen and oxygen atoms in total. The summed E-state index contributed by atoms with van der Waals surface area (Å²) >= 11 is 0. The lowest BCUT2D eigenvalue weighted by molar-refractivity contribution is -0.120. The molecule has 2 aromatic carbocycles. The third-order valence-corrected chi connectivity index (χ3v) is 3.33. The summed E-state index contributed by atoms with van der Waals surface area (Å²) in [6.45, 7) is 1.66. The fraction of sp³-hybridized carbons (Fsp3) is 0.222. The first-order valence-corrected chi connectivity index (χ1v) is 7.43. The molecular formula is C18H19FN2O3. The molecule has 2 rings (SSSR count). The first-order chi connectivity index (χ1) is 11.5. The van der Waals surface area contributed by atoms with Crippen LogP contribution in [0.15, 0.2) is 42.5 Å². The van der Waals surface area contributed by atoms with E-state index in [0.717, 1.165) is 5.56 Å². The van der Waals surface area contributed by atoms with Crippen LogP contribution in [0.1, 0.15) is 18.1 Å². The lowest BCUT2D eigenvalue weighted by Gasteiger charge is -2.12. The third-order valence-electron chi connectivity index (χ3n) is 3.33. The Morgan fingerprint density at radius 3 is 2.62 bits per heavy atom. The molecule has 0 atom stereocenters. The predicted octanol–water partition coefficient (Wildman–Crippen LogP) is 2.65. The Labute approximate surface area is 139 Å². The van der Waals surface area contributed by atoms with Crippen LogP contribution in [0.5, 0.6) is 5.75 Å². The monoisotopic (exact) mass is 330 g/mol. The number of anilines is 1. The maximum atomic E-state index is 13.1. The van der Waals surface area contributed by atoms with Crippen LogP contribution in [-0.2, 0) is 22.6 Å². The van der Waals surface area contributed by atoms with Crippen molar-refractivity contribution >= 4 is 17.5 Å². The molecule has 0 radical (unpaired) electrons. The quantitative estimate of drug-likeness (QED) is 0.856. The number of nitrogens with one attached hydrogen (secondary N) is 2. The number of methoxy groups -OCH3 is 1.